The van der Waals surface area contributed by atoms with Gasteiger partial charge in [0.1, 0.15) is 0 Å². The maximum atomic E-state index is 10.9. The first-order valence-corrected chi connectivity index (χ1v) is 7.24. The molecule has 0 unspecified atom stereocenters. The van der Waals surface area contributed by atoms with Gasteiger partial charge in [-0.1, -0.05) is 22.0 Å². The molecule has 2 rings (SSSR count). The third kappa shape index (κ3) is 4.24. The van der Waals surface area contributed by atoms with Crippen molar-refractivity contribution in [2.24, 2.45) is 0 Å². The fourth-order valence-electron chi connectivity index (χ4n) is 1.71. The van der Waals surface area contributed by atoms with E-state index >= 15 is 0 Å². The molecule has 108 valence electrons. The molecule has 2 aromatic carbocycles. The van der Waals surface area contributed by atoms with Gasteiger partial charge in [0, 0.05) is 27.5 Å². The Balaban J connectivity index is 2.07. The molecule has 0 aromatic heterocycles. The Hall–Kier alpha value is -1.99. The van der Waals surface area contributed by atoms with E-state index in [-0.39, 0.29) is 5.69 Å². The third-order valence-corrected chi connectivity index (χ3v) is 3.50. The van der Waals surface area contributed by atoms with Gasteiger partial charge in [-0.15, -0.1) is 0 Å². The molecule has 21 heavy (non-hydrogen) atoms. The average Bonchev–Trinajstić information content (AvgIpc) is 2.43. The number of benzene rings is 2. The van der Waals surface area contributed by atoms with Crippen molar-refractivity contribution in [3.63, 3.8) is 0 Å². The molecule has 0 aliphatic rings. The van der Waals surface area contributed by atoms with Crippen molar-refractivity contribution in [2.45, 2.75) is 6.92 Å². The van der Waals surface area contributed by atoms with Gasteiger partial charge in [0.05, 0.1) is 4.92 Å². The minimum Gasteiger partial charge on any atom is -0.332 e. The first-order chi connectivity index (χ1) is 9.95. The van der Waals surface area contributed by atoms with Gasteiger partial charge in [0.25, 0.3) is 5.69 Å². The van der Waals surface area contributed by atoms with Crippen LogP contribution in [0.3, 0.4) is 0 Å². The molecule has 0 aliphatic heterocycles. The van der Waals surface area contributed by atoms with Crippen LogP contribution in [-0.4, -0.2) is 10.0 Å². The Labute approximate surface area is 135 Å². The van der Waals surface area contributed by atoms with Crippen molar-refractivity contribution in [1.82, 2.24) is 0 Å². The van der Waals surface area contributed by atoms with Gasteiger partial charge in [-0.2, -0.15) is 0 Å². The highest BCUT2D eigenvalue weighted by Gasteiger charge is 2.11. The Morgan fingerprint density at radius 3 is 2.33 bits per heavy atom. The predicted molar refractivity (Wildman–Crippen MR) is 91.8 cm³/mol. The lowest BCUT2D eigenvalue weighted by Gasteiger charge is -2.11. The molecular weight excluding hydrogens is 354 g/mol. The number of hydrogen-bond acceptors (Lipinski definition) is 3. The molecule has 0 aliphatic carbocycles. The van der Waals surface area contributed by atoms with Crippen molar-refractivity contribution in [3.8, 4) is 0 Å². The first-order valence-electron chi connectivity index (χ1n) is 6.04. The lowest BCUT2D eigenvalue weighted by molar-refractivity contribution is -0.385. The second-order valence-electron chi connectivity index (χ2n) is 4.34. The molecule has 2 N–H and O–H groups in total. The summed E-state index contributed by atoms with van der Waals surface area (Å²) in [6.07, 6.45) is 0. The number of anilines is 2. The van der Waals surface area contributed by atoms with E-state index in [4.69, 9.17) is 12.2 Å². The number of nitrogens with one attached hydrogen (secondary N) is 2. The number of nitrogens with zero attached hydrogens (tertiary/aromatic N) is 1. The van der Waals surface area contributed by atoms with E-state index in [0.29, 0.717) is 16.4 Å². The summed E-state index contributed by atoms with van der Waals surface area (Å²) >= 11 is 8.54. The number of halogens is 1. The summed E-state index contributed by atoms with van der Waals surface area (Å²) < 4.78 is 0.973. The third-order valence-electron chi connectivity index (χ3n) is 2.77. The largest absolute Gasteiger partial charge is 0.332 e. The standard InChI is InChI=1S/C14H12BrN3O2S/c1-9-2-5-12(8-13(9)18(19)20)17-14(21)16-11-6-3-10(15)4-7-11/h2-8H,1H3,(H2,16,17,21). The van der Waals surface area contributed by atoms with E-state index in [1.54, 1.807) is 19.1 Å². The van der Waals surface area contributed by atoms with Crippen LogP contribution in [0.5, 0.6) is 0 Å². The lowest BCUT2D eigenvalue weighted by atomic mass is 10.2. The van der Waals surface area contributed by atoms with Gasteiger partial charge < -0.3 is 10.6 Å². The van der Waals surface area contributed by atoms with Crippen LogP contribution < -0.4 is 10.6 Å². The molecule has 0 saturated heterocycles. The fourth-order valence-corrected chi connectivity index (χ4v) is 2.21. The summed E-state index contributed by atoms with van der Waals surface area (Å²) in [4.78, 5) is 10.5. The van der Waals surface area contributed by atoms with E-state index in [1.807, 2.05) is 24.3 Å². The van der Waals surface area contributed by atoms with Crippen LogP contribution in [0.2, 0.25) is 0 Å². The van der Waals surface area contributed by atoms with Crippen molar-refractivity contribution >= 4 is 50.3 Å². The molecule has 0 amide bonds. The van der Waals surface area contributed by atoms with Crippen LogP contribution in [0.1, 0.15) is 5.56 Å². The van der Waals surface area contributed by atoms with Crippen LogP contribution >= 0.6 is 28.1 Å². The van der Waals surface area contributed by atoms with Crippen LogP contribution in [0.15, 0.2) is 46.9 Å². The first kappa shape index (κ1) is 15.4. The highest BCUT2D eigenvalue weighted by Crippen LogP contribution is 2.22. The average molecular weight is 366 g/mol. The number of rotatable bonds is 3. The second-order valence-corrected chi connectivity index (χ2v) is 5.67. The summed E-state index contributed by atoms with van der Waals surface area (Å²) in [5.41, 5.74) is 2.07. The van der Waals surface area contributed by atoms with Crippen molar-refractivity contribution in [1.29, 1.82) is 0 Å². The molecule has 0 radical (unpaired) electrons. The molecule has 0 atom stereocenters. The zero-order valence-corrected chi connectivity index (χ0v) is 13.5. The summed E-state index contributed by atoms with van der Waals surface area (Å²) in [6, 6.07) is 12.4. The van der Waals surface area contributed by atoms with E-state index in [0.717, 1.165) is 10.2 Å². The SMILES string of the molecule is Cc1ccc(NC(=S)Nc2ccc(Br)cc2)cc1[N+](=O)[O-]. The minimum absolute atomic E-state index is 0.0615. The van der Waals surface area contributed by atoms with Crippen LogP contribution in [0.25, 0.3) is 0 Å². The second kappa shape index (κ2) is 6.64. The van der Waals surface area contributed by atoms with Crippen LogP contribution in [0, 0.1) is 17.0 Å². The van der Waals surface area contributed by atoms with Gasteiger partial charge in [0.15, 0.2) is 5.11 Å². The smallest absolute Gasteiger partial charge is 0.274 e. The molecule has 0 fully saturated rings. The minimum atomic E-state index is -0.411. The predicted octanol–water partition coefficient (Wildman–Crippen LogP) is 4.47. The number of nitro groups is 1. The zero-order chi connectivity index (χ0) is 15.4. The normalized spacial score (nSPS) is 10.0. The van der Waals surface area contributed by atoms with Crippen LogP contribution in [0.4, 0.5) is 17.1 Å². The monoisotopic (exact) mass is 365 g/mol. The lowest BCUT2D eigenvalue weighted by Crippen LogP contribution is -2.19. The number of aryl methyl sites for hydroxylation is 1. The summed E-state index contributed by atoms with van der Waals surface area (Å²) in [7, 11) is 0. The van der Waals surface area contributed by atoms with E-state index in [2.05, 4.69) is 26.6 Å². The molecule has 7 heteroatoms. The van der Waals surface area contributed by atoms with E-state index < -0.39 is 4.92 Å². The molecule has 0 bridgehead atoms. The zero-order valence-electron chi connectivity index (χ0n) is 11.1. The maximum Gasteiger partial charge on any atom is 0.274 e. The summed E-state index contributed by atoms with van der Waals surface area (Å²) in [5, 5.41) is 17.2. The quantitative estimate of drug-likeness (QED) is 0.477. The highest BCUT2D eigenvalue weighted by molar-refractivity contribution is 9.10. The Bertz CT molecular complexity index is 689. The molecule has 2 aromatic rings. The molecule has 0 heterocycles. The summed E-state index contributed by atoms with van der Waals surface area (Å²) in [5.74, 6) is 0. The van der Waals surface area contributed by atoms with E-state index in [1.165, 1.54) is 6.07 Å². The maximum absolute atomic E-state index is 10.9. The van der Waals surface area contributed by atoms with Crippen LogP contribution in [-0.2, 0) is 0 Å². The van der Waals surface area contributed by atoms with Gasteiger partial charge in [-0.05, 0) is 49.5 Å². The van der Waals surface area contributed by atoms with Crippen molar-refractivity contribution in [3.05, 3.63) is 62.6 Å². The summed E-state index contributed by atoms with van der Waals surface area (Å²) in [6.45, 7) is 1.69. The molecule has 5 nitrogen and oxygen atoms in total. The topological polar surface area (TPSA) is 67.2 Å². The van der Waals surface area contributed by atoms with Crippen molar-refractivity contribution < 1.29 is 4.92 Å². The molecular formula is C14H12BrN3O2S. The Morgan fingerprint density at radius 1 is 1.14 bits per heavy atom. The van der Waals surface area contributed by atoms with Crippen molar-refractivity contribution in [2.75, 3.05) is 10.6 Å². The Morgan fingerprint density at radius 2 is 1.71 bits per heavy atom. The number of hydrogen-bond donors (Lipinski definition) is 2. The highest BCUT2D eigenvalue weighted by atomic mass is 79.9. The molecule has 0 spiro atoms. The van der Waals surface area contributed by atoms with Gasteiger partial charge >= 0.3 is 0 Å². The number of nitro benzene ring substituents is 1. The van der Waals surface area contributed by atoms with Gasteiger partial charge in [0.2, 0.25) is 0 Å². The number of thiocarbonyl (C=S) groups is 1. The molecule has 0 saturated carbocycles. The van der Waals surface area contributed by atoms with E-state index in [9.17, 15) is 10.1 Å². The Kier molecular flexibility index (Phi) is 4.87. The van der Waals surface area contributed by atoms with Gasteiger partial charge in [-0.3, -0.25) is 10.1 Å². The fraction of sp³-hybridized carbons (Fsp3) is 0.0714. The van der Waals surface area contributed by atoms with Gasteiger partial charge in [-0.25, -0.2) is 0 Å².